The zero-order valence-corrected chi connectivity index (χ0v) is 4.81. The van der Waals surface area contributed by atoms with Gasteiger partial charge in [0, 0.05) is 0 Å². The Labute approximate surface area is 52.5 Å². The number of halogens is 1. The Bertz CT molecular complexity index is 149. The van der Waals surface area contributed by atoms with Gasteiger partial charge in [0.1, 0.15) is 0 Å². The van der Waals surface area contributed by atoms with E-state index in [1.807, 2.05) is 0 Å². The van der Waals surface area contributed by atoms with Crippen molar-refractivity contribution in [3.63, 3.8) is 0 Å². The van der Waals surface area contributed by atoms with Crippen LogP contribution < -0.4 is 0 Å². The van der Waals surface area contributed by atoms with Crippen LogP contribution in [-0.2, 0) is 0 Å². The summed E-state index contributed by atoms with van der Waals surface area (Å²) in [5, 5.41) is 0. The Kier molecular flexibility index (Phi) is 2.88. The highest BCUT2D eigenvalue weighted by atomic mass is 35.5. The molecule has 0 bridgehead atoms. The molecule has 0 spiro atoms. The molecule has 1 aromatic rings. The molecule has 1 heterocycles. The number of aromatic nitrogens is 2. The van der Waals surface area contributed by atoms with E-state index in [9.17, 15) is 4.79 Å². The summed E-state index contributed by atoms with van der Waals surface area (Å²) in [4.78, 5) is 16.0. The van der Waals surface area contributed by atoms with Gasteiger partial charge in [0.05, 0.1) is 18.2 Å². The second kappa shape index (κ2) is 3.21. The van der Waals surface area contributed by atoms with E-state index in [1.54, 1.807) is 0 Å². The lowest BCUT2D eigenvalue weighted by atomic mass is 10.6. The summed E-state index contributed by atoms with van der Waals surface area (Å²) in [6.07, 6.45) is 3.64. The van der Waals surface area contributed by atoms with E-state index in [0.29, 0.717) is 12.0 Å². The van der Waals surface area contributed by atoms with Gasteiger partial charge in [0.15, 0.2) is 6.29 Å². The maximum atomic E-state index is 9.80. The second-order valence-electron chi connectivity index (χ2n) is 1.12. The van der Waals surface area contributed by atoms with Crippen molar-refractivity contribution in [2.45, 2.75) is 0 Å². The van der Waals surface area contributed by atoms with Crippen LogP contribution in [0.5, 0.6) is 0 Å². The summed E-state index contributed by atoms with van der Waals surface area (Å²) < 4.78 is 0. The quantitative estimate of drug-likeness (QED) is 0.570. The number of hydrogen-bond donors (Lipinski definition) is 1. The molecular formula is C4H5ClN2O. The van der Waals surface area contributed by atoms with Crippen LogP contribution in [0.3, 0.4) is 0 Å². The average Bonchev–Trinajstić information content (AvgIpc) is 2.14. The summed E-state index contributed by atoms with van der Waals surface area (Å²) in [5.74, 6) is 0. The molecule has 0 unspecified atom stereocenters. The van der Waals surface area contributed by atoms with E-state index in [2.05, 4.69) is 9.97 Å². The smallest absolute Gasteiger partial charge is 0.167 e. The van der Waals surface area contributed by atoms with E-state index in [4.69, 9.17) is 0 Å². The van der Waals surface area contributed by atoms with Crippen LogP contribution in [0.4, 0.5) is 0 Å². The fraction of sp³-hybridized carbons (Fsp3) is 0. The van der Waals surface area contributed by atoms with Crippen molar-refractivity contribution in [1.82, 2.24) is 9.97 Å². The topological polar surface area (TPSA) is 45.8 Å². The first kappa shape index (κ1) is 7.17. The standard InChI is InChI=1S/C4H4N2O.ClH/c7-2-4-1-5-3-6-4;/h1-3H,(H,5,6);1H. The normalized spacial score (nSPS) is 7.50. The van der Waals surface area contributed by atoms with Crippen molar-refractivity contribution in [2.75, 3.05) is 0 Å². The summed E-state index contributed by atoms with van der Waals surface area (Å²) in [7, 11) is 0. The number of H-pyrrole nitrogens is 1. The number of rotatable bonds is 1. The predicted molar refractivity (Wildman–Crippen MR) is 31.2 cm³/mol. The van der Waals surface area contributed by atoms with Gasteiger partial charge >= 0.3 is 0 Å². The Morgan fingerprint density at radius 2 is 2.50 bits per heavy atom. The van der Waals surface area contributed by atoms with E-state index < -0.39 is 0 Å². The third kappa shape index (κ3) is 1.35. The minimum absolute atomic E-state index is 0. The lowest BCUT2D eigenvalue weighted by Gasteiger charge is -1.67. The fourth-order valence-electron chi connectivity index (χ4n) is 0.331. The molecule has 0 atom stereocenters. The fourth-order valence-corrected chi connectivity index (χ4v) is 0.331. The van der Waals surface area contributed by atoms with Gasteiger partial charge in [-0.1, -0.05) is 0 Å². The lowest BCUT2D eigenvalue weighted by Crippen LogP contribution is -1.72. The van der Waals surface area contributed by atoms with Crippen molar-refractivity contribution >= 4 is 18.7 Å². The third-order valence-corrected chi connectivity index (χ3v) is 0.646. The molecule has 3 nitrogen and oxygen atoms in total. The molecule has 0 saturated carbocycles. The number of aromatic amines is 1. The van der Waals surface area contributed by atoms with Crippen molar-refractivity contribution in [2.24, 2.45) is 0 Å². The molecule has 1 aromatic heterocycles. The largest absolute Gasteiger partial charge is 0.342 e. The van der Waals surface area contributed by atoms with Crippen LogP contribution in [0.15, 0.2) is 12.5 Å². The molecule has 0 amide bonds. The van der Waals surface area contributed by atoms with Crippen molar-refractivity contribution in [3.05, 3.63) is 18.2 Å². The Balaban J connectivity index is 0.000000490. The molecule has 0 saturated heterocycles. The molecule has 0 fully saturated rings. The molecule has 44 valence electrons. The summed E-state index contributed by atoms with van der Waals surface area (Å²) in [6.45, 7) is 0. The maximum Gasteiger partial charge on any atom is 0.167 e. The Hall–Kier alpha value is -0.830. The van der Waals surface area contributed by atoms with Gasteiger partial charge in [-0.3, -0.25) is 4.79 Å². The van der Waals surface area contributed by atoms with Crippen LogP contribution in [0.2, 0.25) is 0 Å². The molecule has 8 heavy (non-hydrogen) atoms. The number of aldehydes is 1. The predicted octanol–water partition coefficient (Wildman–Crippen LogP) is 0.644. The number of carbonyl (C=O) groups excluding carboxylic acids is 1. The van der Waals surface area contributed by atoms with Gasteiger partial charge in [0.2, 0.25) is 0 Å². The molecule has 0 aromatic carbocycles. The second-order valence-corrected chi connectivity index (χ2v) is 1.12. The van der Waals surface area contributed by atoms with Crippen LogP contribution in [-0.4, -0.2) is 16.3 Å². The van der Waals surface area contributed by atoms with E-state index >= 15 is 0 Å². The van der Waals surface area contributed by atoms with Gasteiger partial charge in [-0.25, -0.2) is 4.98 Å². The summed E-state index contributed by atoms with van der Waals surface area (Å²) in [6, 6.07) is 0. The number of nitrogens with one attached hydrogen (secondary N) is 1. The van der Waals surface area contributed by atoms with Crippen LogP contribution in [0, 0.1) is 0 Å². The van der Waals surface area contributed by atoms with Gasteiger partial charge in [-0.05, 0) is 0 Å². The molecule has 0 aliphatic heterocycles. The van der Waals surface area contributed by atoms with Crippen LogP contribution >= 0.6 is 12.4 Å². The van der Waals surface area contributed by atoms with Crippen LogP contribution in [0.1, 0.15) is 10.5 Å². The Morgan fingerprint density at radius 1 is 1.75 bits per heavy atom. The van der Waals surface area contributed by atoms with Gasteiger partial charge in [-0.15, -0.1) is 12.4 Å². The first-order valence-corrected chi connectivity index (χ1v) is 1.87. The minimum Gasteiger partial charge on any atom is -0.342 e. The van der Waals surface area contributed by atoms with Crippen molar-refractivity contribution < 1.29 is 4.79 Å². The van der Waals surface area contributed by atoms with Crippen LogP contribution in [0.25, 0.3) is 0 Å². The van der Waals surface area contributed by atoms with Gasteiger partial charge in [0.25, 0.3) is 0 Å². The van der Waals surface area contributed by atoms with Gasteiger partial charge in [-0.2, -0.15) is 0 Å². The highest BCUT2D eigenvalue weighted by molar-refractivity contribution is 5.85. The van der Waals surface area contributed by atoms with E-state index in [1.165, 1.54) is 12.5 Å². The van der Waals surface area contributed by atoms with Gasteiger partial charge < -0.3 is 4.98 Å². The Morgan fingerprint density at radius 3 is 2.75 bits per heavy atom. The highest BCUT2D eigenvalue weighted by Gasteiger charge is 1.82. The highest BCUT2D eigenvalue weighted by Crippen LogP contribution is 1.80. The number of hydrogen-bond acceptors (Lipinski definition) is 2. The average molecular weight is 133 g/mol. The first-order chi connectivity index (χ1) is 3.43. The molecule has 0 aliphatic rings. The SMILES string of the molecule is Cl.O=Cc1cnc[nH]1. The summed E-state index contributed by atoms with van der Waals surface area (Å²) in [5.41, 5.74) is 0.514. The van der Waals surface area contributed by atoms with Crippen molar-refractivity contribution in [3.8, 4) is 0 Å². The minimum atomic E-state index is 0. The van der Waals surface area contributed by atoms with Crippen molar-refractivity contribution in [1.29, 1.82) is 0 Å². The third-order valence-electron chi connectivity index (χ3n) is 0.646. The zero-order valence-electron chi connectivity index (χ0n) is 4.00. The zero-order chi connectivity index (χ0) is 5.11. The molecular weight excluding hydrogens is 128 g/mol. The molecule has 0 aliphatic carbocycles. The maximum absolute atomic E-state index is 9.80. The number of carbonyl (C=O) groups is 1. The molecule has 0 radical (unpaired) electrons. The molecule has 4 heteroatoms. The molecule has 1 N–H and O–H groups in total. The molecule has 1 rings (SSSR count). The summed E-state index contributed by atoms with van der Waals surface area (Å²) >= 11 is 0. The monoisotopic (exact) mass is 132 g/mol. The number of nitrogens with zero attached hydrogens (tertiary/aromatic N) is 1. The van der Waals surface area contributed by atoms with E-state index in [-0.39, 0.29) is 12.4 Å². The van der Waals surface area contributed by atoms with E-state index in [0.717, 1.165) is 0 Å². The number of imidazole rings is 1. The lowest BCUT2D eigenvalue weighted by molar-refractivity contribution is 0.111. The first-order valence-electron chi connectivity index (χ1n) is 1.87.